The molecule has 2 fully saturated rings. The summed E-state index contributed by atoms with van der Waals surface area (Å²) in [5.41, 5.74) is 1.13. The molecule has 1 N–H and O–H groups in total. The van der Waals surface area contributed by atoms with E-state index >= 15 is 0 Å². The normalized spacial score (nSPS) is 36.2. The molecule has 2 rings (SSSR count). The van der Waals surface area contributed by atoms with Gasteiger partial charge in [0.15, 0.2) is 0 Å². The van der Waals surface area contributed by atoms with Crippen LogP contribution >= 0.6 is 0 Å². The molecule has 14 heavy (non-hydrogen) atoms. The quantitative estimate of drug-likeness (QED) is 0.694. The average molecular weight is 195 g/mol. The maximum Gasteiger partial charge on any atom is 0.308 e. The first-order valence-corrected chi connectivity index (χ1v) is 5.22. The molecule has 0 radical (unpaired) electrons. The molecule has 2 heterocycles. The van der Waals surface area contributed by atoms with Crippen molar-refractivity contribution >= 4 is 5.97 Å². The minimum atomic E-state index is -0.621. The summed E-state index contributed by atoms with van der Waals surface area (Å²) in [6, 6.07) is 0.770. The van der Waals surface area contributed by atoms with Crippen LogP contribution in [0.25, 0.3) is 0 Å². The molecule has 2 aliphatic heterocycles. The van der Waals surface area contributed by atoms with Crippen molar-refractivity contribution in [1.29, 1.82) is 0 Å². The predicted molar refractivity (Wildman–Crippen MR) is 54.1 cm³/mol. The molecule has 0 aromatic carbocycles. The summed E-state index contributed by atoms with van der Waals surface area (Å²) in [7, 11) is 0. The van der Waals surface area contributed by atoms with Gasteiger partial charge in [-0.2, -0.15) is 0 Å². The van der Waals surface area contributed by atoms with E-state index in [9.17, 15) is 4.79 Å². The van der Waals surface area contributed by atoms with Crippen LogP contribution in [0.15, 0.2) is 12.2 Å². The first-order chi connectivity index (χ1) is 6.59. The summed E-state index contributed by atoms with van der Waals surface area (Å²) in [5, 5.41) is 9.04. The lowest BCUT2D eigenvalue weighted by Crippen LogP contribution is -2.33. The van der Waals surface area contributed by atoms with E-state index in [2.05, 4.69) is 11.5 Å². The lowest BCUT2D eigenvalue weighted by atomic mass is 9.89. The fourth-order valence-corrected chi connectivity index (χ4v) is 2.92. The molecule has 0 aromatic heterocycles. The number of hydrogen-bond donors (Lipinski definition) is 1. The van der Waals surface area contributed by atoms with Crippen LogP contribution in [0, 0.1) is 5.92 Å². The third kappa shape index (κ3) is 1.46. The van der Waals surface area contributed by atoms with Crippen LogP contribution in [0.3, 0.4) is 0 Å². The average Bonchev–Trinajstić information content (AvgIpc) is 2.61. The van der Waals surface area contributed by atoms with Crippen molar-refractivity contribution in [2.75, 3.05) is 6.54 Å². The van der Waals surface area contributed by atoms with Crippen molar-refractivity contribution < 1.29 is 9.90 Å². The number of carboxylic acids is 1. The first kappa shape index (κ1) is 9.71. The minimum Gasteiger partial charge on any atom is -0.481 e. The van der Waals surface area contributed by atoms with Crippen molar-refractivity contribution in [1.82, 2.24) is 4.90 Å². The van der Waals surface area contributed by atoms with Crippen molar-refractivity contribution in [2.24, 2.45) is 5.92 Å². The lowest BCUT2D eigenvalue weighted by Gasteiger charge is -2.22. The van der Waals surface area contributed by atoms with Gasteiger partial charge < -0.3 is 5.11 Å². The Bertz CT molecular complexity index is 274. The Morgan fingerprint density at radius 3 is 2.79 bits per heavy atom. The van der Waals surface area contributed by atoms with Gasteiger partial charge in [-0.3, -0.25) is 9.69 Å². The lowest BCUT2D eigenvalue weighted by molar-refractivity contribution is -0.142. The van der Waals surface area contributed by atoms with Crippen LogP contribution in [0.2, 0.25) is 0 Å². The Labute approximate surface area is 84.4 Å². The zero-order valence-electron chi connectivity index (χ0n) is 8.57. The molecular weight excluding hydrogens is 178 g/mol. The van der Waals surface area contributed by atoms with E-state index in [4.69, 9.17) is 5.11 Å². The second-order valence-electron chi connectivity index (χ2n) is 4.61. The van der Waals surface area contributed by atoms with Crippen LogP contribution in [0.1, 0.15) is 26.2 Å². The Morgan fingerprint density at radius 2 is 2.29 bits per heavy atom. The Kier molecular flexibility index (Phi) is 2.35. The van der Waals surface area contributed by atoms with E-state index in [1.165, 1.54) is 6.42 Å². The first-order valence-electron chi connectivity index (χ1n) is 5.22. The van der Waals surface area contributed by atoms with Gasteiger partial charge in [-0.05, 0) is 26.2 Å². The van der Waals surface area contributed by atoms with Crippen molar-refractivity contribution in [3.05, 3.63) is 12.2 Å². The molecule has 0 amide bonds. The summed E-state index contributed by atoms with van der Waals surface area (Å²) in [4.78, 5) is 13.3. The smallest absolute Gasteiger partial charge is 0.308 e. The zero-order chi connectivity index (χ0) is 10.3. The summed E-state index contributed by atoms with van der Waals surface area (Å²) >= 11 is 0. The number of rotatable bonds is 3. The van der Waals surface area contributed by atoms with Gasteiger partial charge in [-0.15, -0.1) is 0 Å². The summed E-state index contributed by atoms with van der Waals surface area (Å²) in [6.45, 7) is 6.78. The molecule has 78 valence electrons. The number of hydrogen-bond acceptors (Lipinski definition) is 2. The van der Waals surface area contributed by atoms with Gasteiger partial charge >= 0.3 is 5.97 Å². The molecule has 2 aliphatic rings. The van der Waals surface area contributed by atoms with Gasteiger partial charge in [0.2, 0.25) is 0 Å². The van der Waals surface area contributed by atoms with Crippen LogP contribution in [0.5, 0.6) is 0 Å². The van der Waals surface area contributed by atoms with Gasteiger partial charge in [-0.25, -0.2) is 0 Å². The predicted octanol–water partition coefficient (Wildman–Crippen LogP) is 1.50. The molecule has 2 bridgehead atoms. The Hall–Kier alpha value is -0.830. The van der Waals surface area contributed by atoms with Crippen molar-refractivity contribution in [3.63, 3.8) is 0 Å². The van der Waals surface area contributed by atoms with E-state index < -0.39 is 5.97 Å². The maximum atomic E-state index is 11.0. The van der Waals surface area contributed by atoms with E-state index in [1.807, 2.05) is 6.92 Å². The summed E-state index contributed by atoms with van der Waals surface area (Å²) in [5.74, 6) is -0.753. The van der Waals surface area contributed by atoms with Crippen LogP contribution in [-0.4, -0.2) is 34.6 Å². The molecule has 3 nitrogen and oxygen atoms in total. The summed E-state index contributed by atoms with van der Waals surface area (Å²) in [6.07, 6.45) is 3.06. The monoisotopic (exact) mass is 195 g/mol. The molecule has 3 unspecified atom stereocenters. The highest BCUT2D eigenvalue weighted by molar-refractivity contribution is 5.71. The van der Waals surface area contributed by atoms with E-state index in [-0.39, 0.29) is 12.0 Å². The topological polar surface area (TPSA) is 40.5 Å². The molecule has 2 saturated heterocycles. The third-order valence-corrected chi connectivity index (χ3v) is 3.45. The standard InChI is InChI=1S/C11H17NO2/c1-7(2)6-12-8-3-4-10(12)9(5-8)11(13)14/h8-10H,1,3-6H2,2H3,(H,13,14). The number of aliphatic carboxylic acids is 1. The minimum absolute atomic E-state index is 0.131. The Morgan fingerprint density at radius 1 is 1.57 bits per heavy atom. The fraction of sp³-hybridized carbons (Fsp3) is 0.727. The number of carboxylic acid groups (broad SMARTS) is 1. The maximum absolute atomic E-state index is 11.0. The van der Waals surface area contributed by atoms with Crippen molar-refractivity contribution in [2.45, 2.75) is 38.3 Å². The highest BCUT2D eigenvalue weighted by atomic mass is 16.4. The SMILES string of the molecule is C=C(C)CN1C2CCC1C(C(=O)O)C2. The van der Waals surface area contributed by atoms with E-state index in [0.29, 0.717) is 6.04 Å². The number of fused-ring (bicyclic) bond motifs is 2. The van der Waals surface area contributed by atoms with Gasteiger partial charge in [0.25, 0.3) is 0 Å². The van der Waals surface area contributed by atoms with E-state index in [1.54, 1.807) is 0 Å². The van der Waals surface area contributed by atoms with Crippen LogP contribution in [-0.2, 0) is 4.79 Å². The highest BCUT2D eigenvalue weighted by Gasteiger charge is 2.48. The molecule has 0 saturated carbocycles. The van der Waals surface area contributed by atoms with Crippen LogP contribution < -0.4 is 0 Å². The number of nitrogens with zero attached hydrogens (tertiary/aromatic N) is 1. The Balaban J connectivity index is 2.08. The van der Waals surface area contributed by atoms with Crippen molar-refractivity contribution in [3.8, 4) is 0 Å². The second-order valence-corrected chi connectivity index (χ2v) is 4.61. The van der Waals surface area contributed by atoms with Crippen LogP contribution in [0.4, 0.5) is 0 Å². The molecular formula is C11H17NO2. The van der Waals surface area contributed by atoms with Gasteiger partial charge in [0, 0.05) is 18.6 Å². The number of carbonyl (C=O) groups is 1. The van der Waals surface area contributed by atoms with Gasteiger partial charge in [-0.1, -0.05) is 12.2 Å². The second kappa shape index (κ2) is 3.39. The summed E-state index contributed by atoms with van der Waals surface area (Å²) < 4.78 is 0. The van der Waals surface area contributed by atoms with E-state index in [0.717, 1.165) is 25.0 Å². The molecule has 0 aromatic rings. The zero-order valence-corrected chi connectivity index (χ0v) is 8.57. The van der Waals surface area contributed by atoms with Gasteiger partial charge in [0.05, 0.1) is 5.92 Å². The molecule has 3 atom stereocenters. The molecule has 3 heteroatoms. The third-order valence-electron chi connectivity index (χ3n) is 3.45. The molecule has 0 spiro atoms. The largest absolute Gasteiger partial charge is 0.481 e. The molecule has 0 aliphatic carbocycles. The van der Waals surface area contributed by atoms with Gasteiger partial charge in [0.1, 0.15) is 0 Å². The fourth-order valence-electron chi connectivity index (χ4n) is 2.92. The highest BCUT2D eigenvalue weighted by Crippen LogP contribution is 2.41.